The lowest BCUT2D eigenvalue weighted by atomic mass is 9.92. The first-order valence-corrected chi connectivity index (χ1v) is 14.6. The number of nitrogens with zero attached hydrogens (tertiary/aromatic N) is 4. The minimum absolute atomic E-state index is 0.220. The summed E-state index contributed by atoms with van der Waals surface area (Å²) in [4.78, 5) is 4.77. The van der Waals surface area contributed by atoms with Gasteiger partial charge in [-0.05, 0) is 79.9 Å². The smallest absolute Gasteiger partial charge is 0.123 e. The third-order valence-corrected chi connectivity index (χ3v) is 8.48. The SMILES string of the molecule is C=C(C1CCN(Cc2cccc3c(-c4cccc(F)c4)nn(C)c23)CC1)N(Cc1cccc(F)c1)c1ccccc1C. The molecule has 1 aliphatic rings. The minimum Gasteiger partial charge on any atom is -0.341 e. The summed E-state index contributed by atoms with van der Waals surface area (Å²) in [7, 11) is 1.96. The zero-order chi connectivity index (χ0) is 29.2. The van der Waals surface area contributed by atoms with Gasteiger partial charge in [-0.1, -0.05) is 67.2 Å². The Bertz CT molecular complexity index is 1730. The quantitative estimate of drug-likeness (QED) is 0.190. The van der Waals surface area contributed by atoms with Crippen molar-refractivity contribution in [3.8, 4) is 11.3 Å². The van der Waals surface area contributed by atoms with Crippen molar-refractivity contribution < 1.29 is 8.78 Å². The van der Waals surface area contributed by atoms with Gasteiger partial charge in [-0.15, -0.1) is 0 Å². The summed E-state index contributed by atoms with van der Waals surface area (Å²) in [5, 5.41) is 5.81. The lowest BCUT2D eigenvalue weighted by Crippen LogP contribution is -2.37. The van der Waals surface area contributed by atoms with E-state index in [2.05, 4.69) is 59.7 Å². The fourth-order valence-electron chi connectivity index (χ4n) is 6.31. The van der Waals surface area contributed by atoms with Crippen LogP contribution in [0.5, 0.6) is 0 Å². The second kappa shape index (κ2) is 11.9. The van der Waals surface area contributed by atoms with Crippen LogP contribution >= 0.6 is 0 Å². The number of hydrogen-bond acceptors (Lipinski definition) is 3. The third kappa shape index (κ3) is 5.72. The van der Waals surface area contributed by atoms with Gasteiger partial charge >= 0.3 is 0 Å². The number of aryl methyl sites for hydroxylation is 2. The molecule has 0 radical (unpaired) electrons. The molecule has 0 bridgehead atoms. The molecule has 0 saturated carbocycles. The number of piperidine rings is 1. The van der Waals surface area contributed by atoms with E-state index in [0.29, 0.717) is 12.5 Å². The number of aromatic nitrogens is 2. The summed E-state index contributed by atoms with van der Waals surface area (Å²) in [5.41, 5.74) is 8.20. The Hall–Kier alpha value is -4.29. The van der Waals surface area contributed by atoms with E-state index >= 15 is 0 Å². The van der Waals surface area contributed by atoms with Crippen LogP contribution in [0, 0.1) is 24.5 Å². The van der Waals surface area contributed by atoms with Gasteiger partial charge in [0.2, 0.25) is 0 Å². The van der Waals surface area contributed by atoms with Crippen molar-refractivity contribution in [2.24, 2.45) is 13.0 Å². The summed E-state index contributed by atoms with van der Waals surface area (Å²) in [5.74, 6) is -0.145. The van der Waals surface area contributed by atoms with Gasteiger partial charge < -0.3 is 4.90 Å². The molecule has 4 aromatic carbocycles. The third-order valence-electron chi connectivity index (χ3n) is 8.48. The highest BCUT2D eigenvalue weighted by Gasteiger charge is 2.27. The minimum atomic E-state index is -0.260. The zero-order valence-corrected chi connectivity index (χ0v) is 24.2. The van der Waals surface area contributed by atoms with Crippen LogP contribution in [0.4, 0.5) is 14.5 Å². The Labute approximate surface area is 246 Å². The van der Waals surface area contributed by atoms with Gasteiger partial charge in [-0.3, -0.25) is 9.58 Å². The van der Waals surface area contributed by atoms with Gasteiger partial charge in [0.05, 0.1) is 5.52 Å². The number of allylic oxidation sites excluding steroid dienone is 1. The predicted molar refractivity (Wildman–Crippen MR) is 167 cm³/mol. The van der Waals surface area contributed by atoms with E-state index in [1.165, 1.54) is 23.3 Å². The lowest BCUT2D eigenvalue weighted by molar-refractivity contribution is 0.190. The van der Waals surface area contributed by atoms with E-state index in [-0.39, 0.29) is 11.6 Å². The average Bonchev–Trinajstić information content (AvgIpc) is 3.34. The Kier molecular flexibility index (Phi) is 7.90. The molecule has 0 aliphatic carbocycles. The number of benzene rings is 4. The maximum Gasteiger partial charge on any atom is 0.123 e. The van der Waals surface area contributed by atoms with E-state index in [4.69, 9.17) is 5.10 Å². The van der Waals surface area contributed by atoms with Crippen molar-refractivity contribution in [2.75, 3.05) is 18.0 Å². The van der Waals surface area contributed by atoms with E-state index in [9.17, 15) is 8.78 Å². The molecule has 6 heteroatoms. The number of rotatable bonds is 8. The van der Waals surface area contributed by atoms with Crippen LogP contribution in [-0.2, 0) is 20.1 Å². The van der Waals surface area contributed by atoms with Crippen molar-refractivity contribution in [3.63, 3.8) is 0 Å². The number of anilines is 1. The molecule has 1 fully saturated rings. The number of para-hydroxylation sites is 2. The van der Waals surface area contributed by atoms with Crippen LogP contribution in [0.25, 0.3) is 22.2 Å². The summed E-state index contributed by atoms with van der Waals surface area (Å²) < 4.78 is 29.9. The molecule has 0 spiro atoms. The highest BCUT2D eigenvalue weighted by atomic mass is 19.1. The Morgan fingerprint density at radius 1 is 0.905 bits per heavy atom. The van der Waals surface area contributed by atoms with Crippen molar-refractivity contribution in [1.29, 1.82) is 0 Å². The molecule has 0 amide bonds. The molecular weight excluding hydrogens is 526 g/mol. The van der Waals surface area contributed by atoms with Gasteiger partial charge in [0.15, 0.2) is 0 Å². The summed E-state index contributed by atoms with van der Waals surface area (Å²) in [6, 6.07) is 28.1. The van der Waals surface area contributed by atoms with Gasteiger partial charge in [0.25, 0.3) is 0 Å². The predicted octanol–water partition coefficient (Wildman–Crippen LogP) is 8.26. The molecule has 0 N–H and O–H groups in total. The molecule has 42 heavy (non-hydrogen) atoms. The maximum atomic E-state index is 14.0. The molecule has 2 heterocycles. The monoisotopic (exact) mass is 562 g/mol. The van der Waals surface area contributed by atoms with Crippen molar-refractivity contribution in [1.82, 2.24) is 14.7 Å². The number of likely N-dealkylation sites (tertiary alicyclic amines) is 1. The number of halogens is 2. The average molecular weight is 563 g/mol. The summed E-state index contributed by atoms with van der Waals surface area (Å²) >= 11 is 0. The zero-order valence-electron chi connectivity index (χ0n) is 24.2. The Morgan fingerprint density at radius 2 is 1.62 bits per heavy atom. The van der Waals surface area contributed by atoms with Gasteiger partial charge in [-0.25, -0.2) is 8.78 Å². The number of fused-ring (bicyclic) bond motifs is 1. The Morgan fingerprint density at radius 3 is 2.36 bits per heavy atom. The molecule has 0 unspecified atom stereocenters. The van der Waals surface area contributed by atoms with Crippen LogP contribution in [0.15, 0.2) is 103 Å². The van der Waals surface area contributed by atoms with E-state index in [0.717, 1.165) is 71.6 Å². The van der Waals surface area contributed by atoms with E-state index in [1.54, 1.807) is 24.3 Å². The standard InChI is InChI=1S/C36H36F2N4/c1-25-9-4-5-16-34(25)42(23-27-10-6-13-31(37)21-27)26(2)28-17-19-41(20-18-28)24-30-12-8-15-33-35(39-40(3)36(30)33)29-11-7-14-32(38)22-29/h4-16,21-22,28H,2,17-20,23-24H2,1,3H3. The molecule has 214 valence electrons. The van der Waals surface area contributed by atoms with Crippen LogP contribution in [0.1, 0.15) is 29.5 Å². The largest absolute Gasteiger partial charge is 0.341 e. The first-order chi connectivity index (χ1) is 20.4. The number of hydrogen-bond donors (Lipinski definition) is 0. The second-order valence-electron chi connectivity index (χ2n) is 11.3. The molecule has 1 aliphatic heterocycles. The van der Waals surface area contributed by atoms with Gasteiger partial charge in [-0.2, -0.15) is 5.10 Å². The molecule has 1 saturated heterocycles. The van der Waals surface area contributed by atoms with Crippen LogP contribution in [-0.4, -0.2) is 27.8 Å². The maximum absolute atomic E-state index is 14.0. The topological polar surface area (TPSA) is 24.3 Å². The fraction of sp³-hybridized carbons (Fsp3) is 0.250. The second-order valence-corrected chi connectivity index (χ2v) is 11.3. The highest BCUT2D eigenvalue weighted by molar-refractivity contribution is 5.95. The molecule has 5 aromatic rings. The highest BCUT2D eigenvalue weighted by Crippen LogP contribution is 2.35. The first kappa shape index (κ1) is 27.9. The summed E-state index contributed by atoms with van der Waals surface area (Å²) in [6.45, 7) is 10.0. The van der Waals surface area contributed by atoms with Crippen molar-refractivity contribution in [2.45, 2.75) is 32.9 Å². The molecular formula is C36H36F2N4. The van der Waals surface area contributed by atoms with Crippen molar-refractivity contribution >= 4 is 16.6 Å². The summed E-state index contributed by atoms with van der Waals surface area (Å²) in [6.07, 6.45) is 2.00. The molecule has 4 nitrogen and oxygen atoms in total. The normalized spacial score (nSPS) is 14.4. The van der Waals surface area contributed by atoms with E-state index in [1.807, 2.05) is 29.9 Å². The van der Waals surface area contributed by atoms with E-state index < -0.39 is 0 Å². The lowest BCUT2D eigenvalue weighted by Gasteiger charge is -2.38. The fourth-order valence-corrected chi connectivity index (χ4v) is 6.31. The van der Waals surface area contributed by atoms with Gasteiger partial charge in [0, 0.05) is 48.4 Å². The van der Waals surface area contributed by atoms with Crippen LogP contribution in [0.3, 0.4) is 0 Å². The Balaban J connectivity index is 1.18. The van der Waals surface area contributed by atoms with Gasteiger partial charge in [0.1, 0.15) is 17.3 Å². The van der Waals surface area contributed by atoms with Crippen molar-refractivity contribution in [3.05, 3.63) is 132 Å². The molecule has 0 atom stereocenters. The van der Waals surface area contributed by atoms with Crippen LogP contribution in [0.2, 0.25) is 0 Å². The van der Waals surface area contributed by atoms with Crippen LogP contribution < -0.4 is 4.90 Å². The molecule has 1 aromatic heterocycles. The molecule has 6 rings (SSSR count). The first-order valence-electron chi connectivity index (χ1n) is 14.6.